The van der Waals surface area contributed by atoms with E-state index in [1.165, 1.54) is 6.92 Å². The molecule has 0 bridgehead atoms. The number of hydrogen-bond acceptors (Lipinski definition) is 2. The highest BCUT2D eigenvalue weighted by Gasteiger charge is 2.38. The summed E-state index contributed by atoms with van der Waals surface area (Å²) in [7, 11) is 0. The fourth-order valence-electron chi connectivity index (χ4n) is 2.42. The number of carbonyl (C=O) groups is 2. The van der Waals surface area contributed by atoms with Gasteiger partial charge in [0.05, 0.1) is 5.41 Å². The lowest BCUT2D eigenvalue weighted by molar-refractivity contribution is -0.151. The first kappa shape index (κ1) is 13.0. The van der Waals surface area contributed by atoms with Gasteiger partial charge in [-0.1, -0.05) is 0 Å². The van der Waals surface area contributed by atoms with E-state index in [1.54, 1.807) is 13.8 Å². The second-order valence-corrected chi connectivity index (χ2v) is 5.28. The molecule has 0 aromatic rings. The number of nitrogens with one attached hydrogen (secondary N) is 1. The Balaban J connectivity index is 2.49. The van der Waals surface area contributed by atoms with Gasteiger partial charge in [-0.15, -0.1) is 0 Å². The summed E-state index contributed by atoms with van der Waals surface area (Å²) >= 11 is 0. The molecule has 1 amide bonds. The smallest absolute Gasteiger partial charge is 0.309 e. The highest BCUT2D eigenvalue weighted by Crippen LogP contribution is 2.38. The predicted molar refractivity (Wildman–Crippen MR) is 61.0 cm³/mol. The minimum Gasteiger partial charge on any atom is -0.481 e. The summed E-state index contributed by atoms with van der Waals surface area (Å²) < 4.78 is 0. The van der Waals surface area contributed by atoms with Crippen molar-refractivity contribution >= 4 is 11.9 Å². The maximum absolute atomic E-state index is 11.1. The number of carbonyl (C=O) groups excluding carboxylic acids is 1. The Labute approximate surface area is 96.4 Å². The summed E-state index contributed by atoms with van der Waals surface area (Å²) in [6, 6.07) is 0.235. The Bertz CT molecular complexity index is 278. The van der Waals surface area contributed by atoms with Crippen molar-refractivity contribution < 1.29 is 14.7 Å². The Kier molecular flexibility index (Phi) is 3.94. The summed E-state index contributed by atoms with van der Waals surface area (Å²) in [4.78, 5) is 22.0. The highest BCUT2D eigenvalue weighted by atomic mass is 16.4. The molecule has 0 atom stereocenters. The second kappa shape index (κ2) is 4.85. The summed E-state index contributed by atoms with van der Waals surface area (Å²) in [6.45, 7) is 5.10. The van der Waals surface area contributed by atoms with Crippen LogP contribution in [0.1, 0.15) is 46.5 Å². The van der Waals surface area contributed by atoms with Crippen molar-refractivity contribution in [2.45, 2.75) is 52.5 Å². The quantitative estimate of drug-likeness (QED) is 0.772. The third kappa shape index (κ3) is 2.97. The molecule has 1 saturated carbocycles. The molecule has 0 radical (unpaired) electrons. The zero-order valence-electron chi connectivity index (χ0n) is 10.2. The van der Waals surface area contributed by atoms with Gasteiger partial charge < -0.3 is 10.4 Å². The number of rotatable bonds is 3. The van der Waals surface area contributed by atoms with E-state index in [0.29, 0.717) is 0 Å². The van der Waals surface area contributed by atoms with E-state index >= 15 is 0 Å². The molecule has 1 fully saturated rings. The molecular formula is C12H21NO3. The van der Waals surface area contributed by atoms with Crippen LogP contribution in [0.15, 0.2) is 0 Å². The van der Waals surface area contributed by atoms with Crippen LogP contribution in [0.4, 0.5) is 0 Å². The monoisotopic (exact) mass is 227 g/mol. The van der Waals surface area contributed by atoms with Crippen LogP contribution in [0, 0.1) is 11.3 Å². The van der Waals surface area contributed by atoms with Crippen molar-refractivity contribution in [1.82, 2.24) is 5.32 Å². The predicted octanol–water partition coefficient (Wildman–Crippen LogP) is 1.79. The Morgan fingerprint density at radius 1 is 1.19 bits per heavy atom. The molecule has 4 nitrogen and oxygen atoms in total. The summed E-state index contributed by atoms with van der Waals surface area (Å²) in [5.74, 6) is -0.508. The van der Waals surface area contributed by atoms with Crippen molar-refractivity contribution in [1.29, 1.82) is 0 Å². The van der Waals surface area contributed by atoms with Crippen LogP contribution in [0.25, 0.3) is 0 Å². The minimum atomic E-state index is -0.726. The molecule has 1 aliphatic carbocycles. The van der Waals surface area contributed by atoms with Crippen molar-refractivity contribution in [3.63, 3.8) is 0 Å². The first-order chi connectivity index (χ1) is 7.34. The van der Waals surface area contributed by atoms with Gasteiger partial charge >= 0.3 is 5.97 Å². The SMILES string of the molecule is CC(=O)N[C@H]1CC[C@H](C(C)(C)C(=O)O)CC1. The van der Waals surface area contributed by atoms with E-state index in [1.807, 2.05) is 0 Å². The van der Waals surface area contributed by atoms with Gasteiger partial charge in [-0.3, -0.25) is 9.59 Å². The molecule has 2 N–H and O–H groups in total. The zero-order chi connectivity index (χ0) is 12.3. The molecule has 0 unspecified atom stereocenters. The second-order valence-electron chi connectivity index (χ2n) is 5.28. The van der Waals surface area contributed by atoms with Crippen molar-refractivity contribution in [2.24, 2.45) is 11.3 Å². The van der Waals surface area contributed by atoms with Gasteiger partial charge in [0.1, 0.15) is 0 Å². The lowest BCUT2D eigenvalue weighted by Crippen LogP contribution is -2.41. The standard InChI is InChI=1S/C12H21NO3/c1-8(14)13-10-6-4-9(5-7-10)12(2,3)11(15)16/h9-10H,4-7H2,1-3H3,(H,13,14)(H,15,16)/t9-,10-. The van der Waals surface area contributed by atoms with Gasteiger partial charge in [0.25, 0.3) is 0 Å². The third-order valence-corrected chi connectivity index (χ3v) is 3.71. The molecule has 0 aliphatic heterocycles. The van der Waals surface area contributed by atoms with Crippen LogP contribution < -0.4 is 5.32 Å². The van der Waals surface area contributed by atoms with Crippen molar-refractivity contribution in [3.8, 4) is 0 Å². The van der Waals surface area contributed by atoms with Crippen molar-refractivity contribution in [2.75, 3.05) is 0 Å². The van der Waals surface area contributed by atoms with E-state index in [2.05, 4.69) is 5.32 Å². The molecule has 0 aromatic heterocycles. The first-order valence-electron chi connectivity index (χ1n) is 5.84. The maximum atomic E-state index is 11.1. The van der Waals surface area contributed by atoms with Gasteiger partial charge in [-0.05, 0) is 45.4 Å². The molecule has 92 valence electrons. The van der Waals surface area contributed by atoms with Gasteiger partial charge in [0.2, 0.25) is 5.91 Å². The van der Waals surface area contributed by atoms with Crippen LogP contribution in [0.3, 0.4) is 0 Å². The van der Waals surface area contributed by atoms with E-state index in [0.717, 1.165) is 25.7 Å². The van der Waals surface area contributed by atoms with Crippen LogP contribution >= 0.6 is 0 Å². The van der Waals surface area contributed by atoms with Crippen LogP contribution in [0.2, 0.25) is 0 Å². The number of aliphatic carboxylic acids is 1. The Morgan fingerprint density at radius 2 is 1.69 bits per heavy atom. The van der Waals surface area contributed by atoms with Crippen LogP contribution in [0.5, 0.6) is 0 Å². The molecule has 0 spiro atoms. The number of carboxylic acid groups (broad SMARTS) is 1. The number of hydrogen-bond donors (Lipinski definition) is 2. The summed E-state index contributed by atoms with van der Waals surface area (Å²) in [5, 5.41) is 12.0. The Hall–Kier alpha value is -1.06. The van der Waals surface area contributed by atoms with E-state index in [4.69, 9.17) is 5.11 Å². The zero-order valence-corrected chi connectivity index (χ0v) is 10.2. The molecule has 4 heteroatoms. The molecule has 1 aliphatic rings. The van der Waals surface area contributed by atoms with Gasteiger partial charge in [-0.2, -0.15) is 0 Å². The topological polar surface area (TPSA) is 66.4 Å². The van der Waals surface area contributed by atoms with E-state index < -0.39 is 11.4 Å². The van der Waals surface area contributed by atoms with Crippen LogP contribution in [-0.4, -0.2) is 23.0 Å². The lowest BCUT2D eigenvalue weighted by Gasteiger charge is -2.36. The molecule has 0 heterocycles. The maximum Gasteiger partial charge on any atom is 0.309 e. The Morgan fingerprint density at radius 3 is 2.06 bits per heavy atom. The van der Waals surface area contributed by atoms with Crippen molar-refractivity contribution in [3.05, 3.63) is 0 Å². The average molecular weight is 227 g/mol. The summed E-state index contributed by atoms with van der Waals surface area (Å²) in [6.07, 6.45) is 3.54. The van der Waals surface area contributed by atoms with Gasteiger partial charge in [0, 0.05) is 13.0 Å². The molecule has 0 saturated heterocycles. The fourth-order valence-corrected chi connectivity index (χ4v) is 2.42. The summed E-state index contributed by atoms with van der Waals surface area (Å²) in [5.41, 5.74) is -0.652. The first-order valence-corrected chi connectivity index (χ1v) is 5.84. The molecular weight excluding hydrogens is 206 g/mol. The minimum absolute atomic E-state index is 0.000875. The molecule has 16 heavy (non-hydrogen) atoms. The third-order valence-electron chi connectivity index (χ3n) is 3.71. The van der Waals surface area contributed by atoms with E-state index in [9.17, 15) is 9.59 Å². The number of amides is 1. The lowest BCUT2D eigenvalue weighted by atomic mass is 9.70. The van der Waals surface area contributed by atoms with Gasteiger partial charge in [-0.25, -0.2) is 0 Å². The largest absolute Gasteiger partial charge is 0.481 e. The van der Waals surface area contributed by atoms with Crippen LogP contribution in [-0.2, 0) is 9.59 Å². The molecule has 1 rings (SSSR count). The average Bonchev–Trinajstić information content (AvgIpc) is 2.17. The molecule has 0 aromatic carbocycles. The fraction of sp³-hybridized carbons (Fsp3) is 0.833. The normalized spacial score (nSPS) is 26.2. The van der Waals surface area contributed by atoms with E-state index in [-0.39, 0.29) is 17.9 Å². The number of carboxylic acids is 1. The highest BCUT2D eigenvalue weighted by molar-refractivity contribution is 5.74. The van der Waals surface area contributed by atoms with Gasteiger partial charge in [0.15, 0.2) is 0 Å².